The van der Waals surface area contributed by atoms with Crippen molar-refractivity contribution in [3.8, 4) is 0 Å². The molecule has 1 saturated carbocycles. The average Bonchev–Trinajstić information content (AvgIpc) is 3.23. The molecule has 5 nitrogen and oxygen atoms in total. The maximum absolute atomic E-state index is 12.0. The first-order chi connectivity index (χ1) is 9.40. The minimum Gasteiger partial charge on any atom is -0.481 e. The Kier molecular flexibility index (Phi) is 4.55. The minimum atomic E-state index is -0.740. The minimum absolute atomic E-state index is 0.0413. The standard InChI is InChI=1S/C15H26N2O3/c1-15(2,12-3-4-12)7-8-16-14(20)17-9-5-11(6-10-17)13(18)19/h11-12H,3-10H2,1-2H3,(H,16,20)(H,18,19). The number of likely N-dealkylation sites (tertiary alicyclic amines) is 1. The van der Waals surface area contributed by atoms with Gasteiger partial charge in [-0.2, -0.15) is 0 Å². The second kappa shape index (κ2) is 6.02. The lowest BCUT2D eigenvalue weighted by atomic mass is 9.84. The van der Waals surface area contributed by atoms with Crippen LogP contribution in [-0.2, 0) is 4.79 Å². The van der Waals surface area contributed by atoms with E-state index in [9.17, 15) is 9.59 Å². The van der Waals surface area contributed by atoms with Gasteiger partial charge in [-0.05, 0) is 43.4 Å². The molecule has 2 amide bonds. The Balaban J connectivity index is 1.66. The Labute approximate surface area is 120 Å². The van der Waals surface area contributed by atoms with Gasteiger partial charge in [-0.3, -0.25) is 4.79 Å². The van der Waals surface area contributed by atoms with Crippen LogP contribution in [0.15, 0.2) is 0 Å². The number of nitrogens with zero attached hydrogens (tertiary/aromatic N) is 1. The summed E-state index contributed by atoms with van der Waals surface area (Å²) in [5.74, 6) is -0.199. The highest BCUT2D eigenvalue weighted by molar-refractivity contribution is 5.75. The van der Waals surface area contributed by atoms with Crippen molar-refractivity contribution >= 4 is 12.0 Å². The van der Waals surface area contributed by atoms with Gasteiger partial charge in [0.15, 0.2) is 0 Å². The van der Waals surface area contributed by atoms with Gasteiger partial charge in [0.1, 0.15) is 0 Å². The Bertz CT molecular complexity index is 369. The van der Waals surface area contributed by atoms with Gasteiger partial charge in [-0.1, -0.05) is 13.8 Å². The molecule has 0 aromatic heterocycles. The summed E-state index contributed by atoms with van der Waals surface area (Å²) < 4.78 is 0. The molecule has 0 aromatic rings. The van der Waals surface area contributed by atoms with Gasteiger partial charge >= 0.3 is 12.0 Å². The van der Waals surface area contributed by atoms with Crippen molar-refractivity contribution in [3.05, 3.63) is 0 Å². The first-order valence-corrected chi connectivity index (χ1v) is 7.66. The summed E-state index contributed by atoms with van der Waals surface area (Å²) >= 11 is 0. The maximum Gasteiger partial charge on any atom is 0.317 e. The van der Waals surface area contributed by atoms with Gasteiger partial charge in [0, 0.05) is 19.6 Å². The van der Waals surface area contributed by atoms with Gasteiger partial charge in [0.05, 0.1) is 5.92 Å². The molecule has 2 aliphatic rings. The lowest BCUT2D eigenvalue weighted by molar-refractivity contribution is -0.143. The quantitative estimate of drug-likeness (QED) is 0.813. The van der Waals surface area contributed by atoms with E-state index in [0.717, 1.165) is 12.3 Å². The molecule has 0 bridgehead atoms. The van der Waals surface area contributed by atoms with E-state index in [0.29, 0.717) is 37.9 Å². The summed E-state index contributed by atoms with van der Waals surface area (Å²) in [5, 5.41) is 11.9. The van der Waals surface area contributed by atoms with E-state index < -0.39 is 5.97 Å². The van der Waals surface area contributed by atoms with Crippen molar-refractivity contribution in [3.63, 3.8) is 0 Å². The number of carboxylic acids is 1. The molecular weight excluding hydrogens is 256 g/mol. The SMILES string of the molecule is CC(C)(CCNC(=O)N1CCC(C(=O)O)CC1)C1CC1. The predicted molar refractivity (Wildman–Crippen MR) is 76.5 cm³/mol. The largest absolute Gasteiger partial charge is 0.481 e. The highest BCUT2D eigenvalue weighted by Gasteiger charge is 2.37. The smallest absolute Gasteiger partial charge is 0.317 e. The molecule has 0 unspecified atom stereocenters. The molecule has 1 aliphatic heterocycles. The van der Waals surface area contributed by atoms with E-state index in [1.807, 2.05) is 0 Å². The zero-order chi connectivity index (χ0) is 14.8. The summed E-state index contributed by atoms with van der Waals surface area (Å²) in [6.07, 6.45) is 4.79. The third-order valence-electron chi connectivity index (χ3n) is 4.86. The number of rotatable bonds is 5. The number of carboxylic acid groups (broad SMARTS) is 1. The summed E-state index contributed by atoms with van der Waals surface area (Å²) in [4.78, 5) is 24.6. The zero-order valence-corrected chi connectivity index (χ0v) is 12.5. The monoisotopic (exact) mass is 282 g/mol. The third-order valence-corrected chi connectivity index (χ3v) is 4.86. The van der Waals surface area contributed by atoms with E-state index in [2.05, 4.69) is 19.2 Å². The fourth-order valence-corrected chi connectivity index (χ4v) is 3.00. The van der Waals surface area contributed by atoms with Crippen LogP contribution in [0.1, 0.15) is 46.0 Å². The number of hydrogen-bond donors (Lipinski definition) is 2. The predicted octanol–water partition coefficient (Wildman–Crippen LogP) is 2.32. The number of piperidine rings is 1. The number of aliphatic carboxylic acids is 1. The molecule has 1 heterocycles. The van der Waals surface area contributed by atoms with E-state index in [-0.39, 0.29) is 11.9 Å². The Morgan fingerprint density at radius 3 is 2.30 bits per heavy atom. The van der Waals surface area contributed by atoms with Crippen molar-refractivity contribution < 1.29 is 14.7 Å². The zero-order valence-electron chi connectivity index (χ0n) is 12.5. The molecular formula is C15H26N2O3. The number of carbonyl (C=O) groups excluding carboxylic acids is 1. The van der Waals surface area contributed by atoms with Crippen LogP contribution in [0.3, 0.4) is 0 Å². The fraction of sp³-hybridized carbons (Fsp3) is 0.867. The van der Waals surface area contributed by atoms with Crippen LogP contribution in [-0.4, -0.2) is 41.6 Å². The van der Waals surface area contributed by atoms with Gasteiger partial charge in [-0.25, -0.2) is 4.79 Å². The van der Waals surface area contributed by atoms with Crippen LogP contribution in [0.4, 0.5) is 4.79 Å². The summed E-state index contributed by atoms with van der Waals surface area (Å²) in [5.41, 5.74) is 0.323. The van der Waals surface area contributed by atoms with Crippen molar-refractivity contribution in [2.75, 3.05) is 19.6 Å². The van der Waals surface area contributed by atoms with Crippen LogP contribution in [0, 0.1) is 17.3 Å². The van der Waals surface area contributed by atoms with E-state index >= 15 is 0 Å². The number of carbonyl (C=O) groups is 2. The van der Waals surface area contributed by atoms with E-state index in [4.69, 9.17) is 5.11 Å². The maximum atomic E-state index is 12.0. The van der Waals surface area contributed by atoms with Gasteiger partial charge in [0.25, 0.3) is 0 Å². The fourth-order valence-electron chi connectivity index (χ4n) is 3.00. The van der Waals surface area contributed by atoms with Crippen LogP contribution in [0.2, 0.25) is 0 Å². The van der Waals surface area contributed by atoms with E-state index in [1.54, 1.807) is 4.90 Å². The first-order valence-electron chi connectivity index (χ1n) is 7.66. The molecule has 2 rings (SSSR count). The lowest BCUT2D eigenvalue weighted by Crippen LogP contribution is -2.46. The first kappa shape index (κ1) is 15.1. The highest BCUT2D eigenvalue weighted by atomic mass is 16.4. The van der Waals surface area contributed by atoms with Crippen molar-refractivity contribution in [2.24, 2.45) is 17.3 Å². The Morgan fingerprint density at radius 2 is 1.80 bits per heavy atom. The number of hydrogen-bond acceptors (Lipinski definition) is 2. The molecule has 0 radical (unpaired) electrons. The topological polar surface area (TPSA) is 69.6 Å². The molecule has 114 valence electrons. The lowest BCUT2D eigenvalue weighted by Gasteiger charge is -2.31. The Hall–Kier alpha value is -1.26. The van der Waals surface area contributed by atoms with Gasteiger partial charge < -0.3 is 15.3 Å². The van der Waals surface area contributed by atoms with Crippen LogP contribution < -0.4 is 5.32 Å². The normalized spacial score (nSPS) is 20.8. The van der Waals surface area contributed by atoms with Crippen molar-refractivity contribution in [1.82, 2.24) is 10.2 Å². The van der Waals surface area contributed by atoms with Crippen LogP contribution in [0.25, 0.3) is 0 Å². The highest BCUT2D eigenvalue weighted by Crippen LogP contribution is 2.46. The number of nitrogens with one attached hydrogen (secondary N) is 1. The molecule has 0 spiro atoms. The molecule has 1 aliphatic carbocycles. The molecule has 20 heavy (non-hydrogen) atoms. The summed E-state index contributed by atoms with van der Waals surface area (Å²) in [6, 6.07) is -0.0413. The summed E-state index contributed by atoms with van der Waals surface area (Å²) in [7, 11) is 0. The van der Waals surface area contributed by atoms with Crippen molar-refractivity contribution in [2.45, 2.75) is 46.0 Å². The molecule has 5 heteroatoms. The molecule has 2 N–H and O–H groups in total. The average molecular weight is 282 g/mol. The number of urea groups is 1. The molecule has 0 aromatic carbocycles. The van der Waals surface area contributed by atoms with Crippen LogP contribution in [0.5, 0.6) is 0 Å². The van der Waals surface area contributed by atoms with Gasteiger partial charge in [0.2, 0.25) is 0 Å². The Morgan fingerprint density at radius 1 is 1.20 bits per heavy atom. The molecule has 2 fully saturated rings. The van der Waals surface area contributed by atoms with E-state index in [1.165, 1.54) is 12.8 Å². The van der Waals surface area contributed by atoms with Crippen LogP contribution >= 0.6 is 0 Å². The third kappa shape index (κ3) is 3.87. The second-order valence-corrected chi connectivity index (χ2v) is 6.84. The van der Waals surface area contributed by atoms with Gasteiger partial charge in [-0.15, -0.1) is 0 Å². The second-order valence-electron chi connectivity index (χ2n) is 6.84. The molecule has 1 saturated heterocycles. The van der Waals surface area contributed by atoms with Crippen molar-refractivity contribution in [1.29, 1.82) is 0 Å². The number of amides is 2. The summed E-state index contributed by atoms with van der Waals surface area (Å²) in [6.45, 7) is 6.36. The molecule has 0 atom stereocenters.